The van der Waals surface area contributed by atoms with E-state index >= 15 is 0 Å². The first-order chi connectivity index (χ1) is 14.2. The molecule has 0 saturated heterocycles. The van der Waals surface area contributed by atoms with Gasteiger partial charge in [-0.15, -0.1) is 0 Å². The number of carbonyl (C=O) groups is 1. The van der Waals surface area contributed by atoms with Gasteiger partial charge in [-0.05, 0) is 50.6 Å². The first kappa shape index (κ1) is 22.6. The fourth-order valence-electron chi connectivity index (χ4n) is 3.19. The molecule has 0 aliphatic rings. The average Bonchev–Trinajstić information content (AvgIpc) is 3.22. The van der Waals surface area contributed by atoms with Gasteiger partial charge in [0, 0.05) is 35.6 Å². The number of H-pyrrole nitrogens is 1. The SMILES string of the molecule is CCOC(=O)c1cc(Sc2cc(C)c3c(cnn3COCC[Si](C)(C)C)c2)c(C)[nH]1. The van der Waals surface area contributed by atoms with Crippen molar-refractivity contribution in [3.63, 3.8) is 0 Å². The minimum absolute atomic E-state index is 0.325. The van der Waals surface area contributed by atoms with E-state index in [-0.39, 0.29) is 5.97 Å². The molecular weight excluding hydrogens is 414 g/mol. The molecule has 8 heteroatoms. The van der Waals surface area contributed by atoms with Crippen molar-refractivity contribution in [2.75, 3.05) is 13.2 Å². The fraction of sp³-hybridized carbons (Fsp3) is 0.455. The van der Waals surface area contributed by atoms with Gasteiger partial charge in [-0.25, -0.2) is 9.48 Å². The van der Waals surface area contributed by atoms with Crippen molar-refractivity contribution in [2.24, 2.45) is 0 Å². The van der Waals surface area contributed by atoms with Gasteiger partial charge in [-0.1, -0.05) is 31.4 Å². The van der Waals surface area contributed by atoms with Crippen LogP contribution in [0.5, 0.6) is 0 Å². The lowest BCUT2D eigenvalue weighted by molar-refractivity contribution is 0.0520. The summed E-state index contributed by atoms with van der Waals surface area (Å²) in [5, 5.41) is 5.62. The van der Waals surface area contributed by atoms with Crippen LogP contribution in [0, 0.1) is 13.8 Å². The van der Waals surface area contributed by atoms with Crippen molar-refractivity contribution in [3.8, 4) is 0 Å². The second kappa shape index (κ2) is 9.41. The van der Waals surface area contributed by atoms with E-state index in [4.69, 9.17) is 9.47 Å². The van der Waals surface area contributed by atoms with Crippen LogP contribution in [0.2, 0.25) is 25.7 Å². The third-order valence-electron chi connectivity index (χ3n) is 4.80. The summed E-state index contributed by atoms with van der Waals surface area (Å²) >= 11 is 1.63. The number of benzene rings is 1. The van der Waals surface area contributed by atoms with E-state index < -0.39 is 8.07 Å². The summed E-state index contributed by atoms with van der Waals surface area (Å²) < 4.78 is 12.9. The fourth-order valence-corrected chi connectivity index (χ4v) is 5.00. The van der Waals surface area contributed by atoms with Gasteiger partial charge < -0.3 is 14.5 Å². The Hall–Kier alpha value is -2.03. The van der Waals surface area contributed by atoms with E-state index in [1.165, 1.54) is 0 Å². The molecule has 3 aromatic rings. The number of fused-ring (bicyclic) bond motifs is 1. The molecule has 3 rings (SSSR count). The number of rotatable bonds is 9. The van der Waals surface area contributed by atoms with E-state index in [1.54, 1.807) is 18.7 Å². The molecule has 0 amide bonds. The third-order valence-corrected chi connectivity index (χ3v) is 7.62. The summed E-state index contributed by atoms with van der Waals surface area (Å²) in [6.07, 6.45) is 1.89. The van der Waals surface area contributed by atoms with Gasteiger partial charge in [-0.3, -0.25) is 0 Å². The number of hydrogen-bond donors (Lipinski definition) is 1. The normalized spacial score (nSPS) is 11.9. The van der Waals surface area contributed by atoms with Crippen molar-refractivity contribution >= 4 is 36.7 Å². The van der Waals surface area contributed by atoms with Crippen LogP contribution >= 0.6 is 11.8 Å². The molecule has 6 nitrogen and oxygen atoms in total. The molecule has 30 heavy (non-hydrogen) atoms. The second-order valence-electron chi connectivity index (χ2n) is 8.66. The standard InChI is InChI=1S/C22H31N3O3SSi/c1-7-28-22(26)19-12-20(16(3)24-19)29-18-10-15(2)21-17(11-18)13-23-25(21)14-27-8-9-30(4,5)6/h10-13,24H,7-9,14H2,1-6H3. The smallest absolute Gasteiger partial charge is 0.354 e. The molecule has 0 fully saturated rings. The lowest BCUT2D eigenvalue weighted by Crippen LogP contribution is -2.22. The lowest BCUT2D eigenvalue weighted by Gasteiger charge is -2.15. The second-order valence-corrected chi connectivity index (χ2v) is 15.4. The monoisotopic (exact) mass is 445 g/mol. The van der Waals surface area contributed by atoms with Crippen molar-refractivity contribution in [1.82, 2.24) is 14.8 Å². The third kappa shape index (κ3) is 5.56. The number of esters is 1. The molecule has 1 aromatic carbocycles. The Morgan fingerprint density at radius 2 is 2.00 bits per heavy atom. The maximum absolute atomic E-state index is 12.0. The number of hydrogen-bond acceptors (Lipinski definition) is 5. The van der Waals surface area contributed by atoms with E-state index in [0.29, 0.717) is 19.0 Å². The van der Waals surface area contributed by atoms with Crippen LogP contribution in [0.25, 0.3) is 10.9 Å². The van der Waals surface area contributed by atoms with Crippen molar-refractivity contribution in [2.45, 2.75) is 63.0 Å². The van der Waals surface area contributed by atoms with Crippen molar-refractivity contribution in [1.29, 1.82) is 0 Å². The van der Waals surface area contributed by atoms with Crippen LogP contribution in [-0.4, -0.2) is 42.0 Å². The van der Waals surface area contributed by atoms with E-state index in [0.717, 1.165) is 44.6 Å². The Bertz CT molecular complexity index is 1040. The maximum atomic E-state index is 12.0. The first-order valence-corrected chi connectivity index (χ1v) is 14.8. The highest BCUT2D eigenvalue weighted by atomic mass is 32.2. The number of carbonyl (C=O) groups excluding carboxylic acids is 1. The highest BCUT2D eigenvalue weighted by Crippen LogP contribution is 2.34. The zero-order chi connectivity index (χ0) is 21.9. The van der Waals surface area contributed by atoms with Gasteiger partial charge in [0.15, 0.2) is 0 Å². The molecule has 2 aromatic heterocycles. The van der Waals surface area contributed by atoms with Gasteiger partial charge in [0.2, 0.25) is 0 Å². The van der Waals surface area contributed by atoms with Crippen molar-refractivity contribution < 1.29 is 14.3 Å². The summed E-state index contributed by atoms with van der Waals surface area (Å²) in [5.41, 5.74) is 3.69. The summed E-state index contributed by atoms with van der Waals surface area (Å²) in [6.45, 7) is 14.5. The van der Waals surface area contributed by atoms with E-state index in [9.17, 15) is 4.79 Å². The molecule has 162 valence electrons. The van der Waals surface area contributed by atoms with Gasteiger partial charge in [0.05, 0.1) is 18.3 Å². The molecule has 0 atom stereocenters. The van der Waals surface area contributed by atoms with E-state index in [1.807, 2.05) is 23.9 Å². The molecular formula is C22H31N3O3SSi. The number of aromatic amines is 1. The predicted molar refractivity (Wildman–Crippen MR) is 124 cm³/mol. The van der Waals surface area contributed by atoms with Gasteiger partial charge in [-0.2, -0.15) is 5.10 Å². The van der Waals surface area contributed by atoms with E-state index in [2.05, 4.69) is 48.8 Å². The molecule has 0 spiro atoms. The number of aryl methyl sites for hydroxylation is 2. The minimum Gasteiger partial charge on any atom is -0.461 e. The number of nitrogens with one attached hydrogen (secondary N) is 1. The Morgan fingerprint density at radius 3 is 2.70 bits per heavy atom. The number of nitrogens with zero attached hydrogens (tertiary/aromatic N) is 2. The molecule has 0 bridgehead atoms. The zero-order valence-electron chi connectivity index (χ0n) is 18.7. The number of ether oxygens (including phenoxy) is 2. The Labute approximate surface area is 183 Å². The van der Waals surface area contributed by atoms with Crippen molar-refractivity contribution in [3.05, 3.63) is 41.3 Å². The van der Waals surface area contributed by atoms with Crippen LogP contribution in [0.15, 0.2) is 34.2 Å². The quantitative estimate of drug-likeness (QED) is 0.263. The zero-order valence-corrected chi connectivity index (χ0v) is 20.5. The molecule has 0 aliphatic carbocycles. The maximum Gasteiger partial charge on any atom is 0.354 e. The highest BCUT2D eigenvalue weighted by molar-refractivity contribution is 7.99. The Balaban J connectivity index is 1.74. The number of aromatic nitrogens is 3. The average molecular weight is 446 g/mol. The summed E-state index contributed by atoms with van der Waals surface area (Å²) in [6, 6.07) is 7.29. The van der Waals surface area contributed by atoms with Gasteiger partial charge in [0.25, 0.3) is 0 Å². The highest BCUT2D eigenvalue weighted by Gasteiger charge is 2.15. The topological polar surface area (TPSA) is 69.1 Å². The molecule has 0 radical (unpaired) electrons. The van der Waals surface area contributed by atoms with Crippen LogP contribution in [0.4, 0.5) is 0 Å². The molecule has 0 unspecified atom stereocenters. The molecule has 1 N–H and O–H groups in total. The molecule has 0 aliphatic heterocycles. The van der Waals surface area contributed by atoms with Crippen LogP contribution in [0.1, 0.15) is 28.7 Å². The van der Waals surface area contributed by atoms with Crippen LogP contribution in [0.3, 0.4) is 0 Å². The largest absolute Gasteiger partial charge is 0.461 e. The minimum atomic E-state index is -1.09. The molecule has 2 heterocycles. The summed E-state index contributed by atoms with van der Waals surface area (Å²) in [5.74, 6) is -0.325. The van der Waals surface area contributed by atoms with Gasteiger partial charge >= 0.3 is 5.97 Å². The first-order valence-electron chi connectivity index (χ1n) is 10.3. The van der Waals surface area contributed by atoms with Crippen LogP contribution in [-0.2, 0) is 16.2 Å². The Morgan fingerprint density at radius 1 is 1.23 bits per heavy atom. The summed E-state index contributed by atoms with van der Waals surface area (Å²) in [7, 11) is -1.09. The molecule has 0 saturated carbocycles. The lowest BCUT2D eigenvalue weighted by atomic mass is 10.2. The summed E-state index contributed by atoms with van der Waals surface area (Å²) in [4.78, 5) is 17.2. The Kier molecular flexibility index (Phi) is 7.10. The predicted octanol–water partition coefficient (Wildman–Crippen LogP) is 5.62. The van der Waals surface area contributed by atoms with Gasteiger partial charge in [0.1, 0.15) is 12.4 Å². The van der Waals surface area contributed by atoms with Crippen LogP contribution < -0.4 is 0 Å².